The van der Waals surface area contributed by atoms with Crippen LogP contribution in [0.5, 0.6) is 0 Å². The SMILES string of the molecule is COC(=O)c1sc(I)cc1C1=C(C2CCC(C)CC2)CN(C)CC1. The first-order valence-corrected chi connectivity index (χ1v) is 10.7. The topological polar surface area (TPSA) is 29.5 Å². The van der Waals surface area contributed by atoms with Crippen molar-refractivity contribution in [3.8, 4) is 0 Å². The zero-order chi connectivity index (χ0) is 17.3. The molecule has 0 saturated heterocycles. The molecule has 24 heavy (non-hydrogen) atoms. The molecule has 3 nitrogen and oxygen atoms in total. The van der Waals surface area contributed by atoms with Crippen molar-refractivity contribution in [3.05, 3.63) is 25.0 Å². The highest BCUT2D eigenvalue weighted by atomic mass is 127. The Morgan fingerprint density at radius 1 is 1.33 bits per heavy atom. The second-order valence-electron chi connectivity index (χ2n) is 7.23. The van der Waals surface area contributed by atoms with E-state index in [1.165, 1.54) is 38.4 Å². The maximum atomic E-state index is 12.2. The summed E-state index contributed by atoms with van der Waals surface area (Å²) in [6, 6.07) is 2.18. The van der Waals surface area contributed by atoms with E-state index in [1.54, 1.807) is 16.9 Å². The van der Waals surface area contributed by atoms with Crippen molar-refractivity contribution in [3.63, 3.8) is 0 Å². The summed E-state index contributed by atoms with van der Waals surface area (Å²) in [5.41, 5.74) is 4.14. The standard InChI is InChI=1S/C19H26INO2S/c1-12-4-6-13(7-5-12)16-11-21(2)9-8-14(16)15-10-17(20)24-18(15)19(22)23-3/h10,12-13H,4-9,11H2,1-3H3. The first-order valence-electron chi connectivity index (χ1n) is 8.78. The van der Waals surface area contributed by atoms with Crippen molar-refractivity contribution in [2.75, 3.05) is 27.2 Å². The average molecular weight is 459 g/mol. The van der Waals surface area contributed by atoms with Gasteiger partial charge in [0.05, 0.1) is 9.99 Å². The van der Waals surface area contributed by atoms with Gasteiger partial charge in [-0.15, -0.1) is 11.3 Å². The molecule has 1 fully saturated rings. The average Bonchev–Trinajstić information content (AvgIpc) is 2.96. The fraction of sp³-hybridized carbons (Fsp3) is 0.632. The Bertz CT molecular complexity index is 644. The third-order valence-corrected chi connectivity index (χ3v) is 7.35. The number of halogens is 1. The van der Waals surface area contributed by atoms with E-state index in [4.69, 9.17) is 4.74 Å². The van der Waals surface area contributed by atoms with Gasteiger partial charge < -0.3 is 9.64 Å². The summed E-state index contributed by atoms with van der Waals surface area (Å²) in [4.78, 5) is 15.4. The number of nitrogens with zero attached hydrogens (tertiary/aromatic N) is 1. The third kappa shape index (κ3) is 3.88. The van der Waals surface area contributed by atoms with E-state index >= 15 is 0 Å². The van der Waals surface area contributed by atoms with Crippen molar-refractivity contribution in [2.45, 2.75) is 39.0 Å². The van der Waals surface area contributed by atoms with Gasteiger partial charge in [-0.1, -0.05) is 19.8 Å². The molecular weight excluding hydrogens is 433 g/mol. The molecule has 2 heterocycles. The molecule has 1 aliphatic heterocycles. The van der Waals surface area contributed by atoms with Crippen molar-refractivity contribution in [2.24, 2.45) is 11.8 Å². The van der Waals surface area contributed by atoms with Gasteiger partial charge in [-0.3, -0.25) is 0 Å². The molecule has 0 atom stereocenters. The van der Waals surface area contributed by atoms with Crippen LogP contribution in [0, 0.1) is 14.7 Å². The number of ether oxygens (including phenoxy) is 1. The largest absolute Gasteiger partial charge is 0.465 e. The van der Waals surface area contributed by atoms with E-state index in [2.05, 4.69) is 47.5 Å². The van der Waals surface area contributed by atoms with Crippen LogP contribution < -0.4 is 0 Å². The van der Waals surface area contributed by atoms with Gasteiger partial charge >= 0.3 is 5.97 Å². The van der Waals surface area contributed by atoms with E-state index < -0.39 is 0 Å². The van der Waals surface area contributed by atoms with Crippen LogP contribution in [0.2, 0.25) is 0 Å². The fourth-order valence-electron chi connectivity index (χ4n) is 4.05. The van der Waals surface area contributed by atoms with Crippen molar-refractivity contribution < 1.29 is 9.53 Å². The molecule has 5 heteroatoms. The molecule has 1 aliphatic carbocycles. The second kappa shape index (κ2) is 7.87. The van der Waals surface area contributed by atoms with Crippen LogP contribution in [-0.4, -0.2) is 38.1 Å². The first-order chi connectivity index (χ1) is 11.5. The van der Waals surface area contributed by atoms with Crippen LogP contribution in [0.3, 0.4) is 0 Å². The van der Waals surface area contributed by atoms with Gasteiger partial charge in [-0.05, 0) is 77.9 Å². The van der Waals surface area contributed by atoms with Crippen LogP contribution in [-0.2, 0) is 4.74 Å². The van der Waals surface area contributed by atoms with E-state index in [0.29, 0.717) is 5.92 Å². The number of rotatable bonds is 3. The van der Waals surface area contributed by atoms with Crippen LogP contribution in [0.25, 0.3) is 5.57 Å². The molecular formula is C19H26INO2S. The minimum Gasteiger partial charge on any atom is -0.465 e. The number of thiophene rings is 1. The molecule has 132 valence electrons. The Morgan fingerprint density at radius 2 is 2.04 bits per heavy atom. The third-order valence-electron chi connectivity index (χ3n) is 5.48. The summed E-state index contributed by atoms with van der Waals surface area (Å²) in [5.74, 6) is 1.35. The predicted octanol–water partition coefficient (Wildman–Crippen LogP) is 5.05. The molecule has 0 amide bonds. The summed E-state index contributed by atoms with van der Waals surface area (Å²) in [7, 11) is 3.69. The molecule has 1 aromatic heterocycles. The molecule has 0 radical (unpaired) electrons. The molecule has 0 spiro atoms. The molecule has 0 aromatic carbocycles. The number of hydrogen-bond acceptors (Lipinski definition) is 4. The highest BCUT2D eigenvalue weighted by molar-refractivity contribution is 14.1. The highest BCUT2D eigenvalue weighted by Gasteiger charge is 2.30. The zero-order valence-electron chi connectivity index (χ0n) is 14.7. The molecule has 0 unspecified atom stereocenters. The summed E-state index contributed by atoms with van der Waals surface area (Å²) < 4.78 is 6.19. The number of methoxy groups -OCH3 is 1. The lowest BCUT2D eigenvalue weighted by atomic mass is 9.75. The summed E-state index contributed by atoms with van der Waals surface area (Å²) in [6.45, 7) is 4.48. The number of esters is 1. The number of carbonyl (C=O) groups excluding carboxylic acids is 1. The summed E-state index contributed by atoms with van der Waals surface area (Å²) in [5, 5.41) is 0. The molecule has 2 aliphatic rings. The maximum Gasteiger partial charge on any atom is 0.348 e. The van der Waals surface area contributed by atoms with Crippen LogP contribution in [0.1, 0.15) is 54.3 Å². The van der Waals surface area contributed by atoms with Crippen LogP contribution in [0.4, 0.5) is 0 Å². The Hall–Kier alpha value is -0.400. The molecule has 0 bridgehead atoms. The molecule has 3 rings (SSSR count). The van der Waals surface area contributed by atoms with Crippen LogP contribution >= 0.6 is 33.9 Å². The Balaban J connectivity index is 2.01. The predicted molar refractivity (Wildman–Crippen MR) is 109 cm³/mol. The van der Waals surface area contributed by atoms with Gasteiger partial charge in [0, 0.05) is 18.7 Å². The minimum absolute atomic E-state index is 0.194. The quantitative estimate of drug-likeness (QED) is 0.468. The molecule has 1 aromatic rings. The smallest absolute Gasteiger partial charge is 0.348 e. The molecule has 1 saturated carbocycles. The normalized spacial score (nSPS) is 25.8. The molecule has 0 N–H and O–H groups in total. The van der Waals surface area contributed by atoms with Crippen LogP contribution in [0.15, 0.2) is 11.6 Å². The number of hydrogen-bond donors (Lipinski definition) is 0. The van der Waals surface area contributed by atoms with Crippen molar-refractivity contribution in [1.82, 2.24) is 4.90 Å². The summed E-state index contributed by atoms with van der Waals surface area (Å²) >= 11 is 3.87. The monoisotopic (exact) mass is 459 g/mol. The van der Waals surface area contributed by atoms with Gasteiger partial charge in [0.2, 0.25) is 0 Å². The van der Waals surface area contributed by atoms with Gasteiger partial charge in [0.15, 0.2) is 0 Å². The maximum absolute atomic E-state index is 12.2. The lowest BCUT2D eigenvalue weighted by molar-refractivity contribution is 0.0606. The number of carbonyl (C=O) groups is 1. The number of likely N-dealkylation sites (N-methyl/N-ethyl adjacent to an activating group) is 1. The minimum atomic E-state index is -0.194. The Morgan fingerprint density at radius 3 is 2.71 bits per heavy atom. The summed E-state index contributed by atoms with van der Waals surface area (Å²) in [6.07, 6.45) is 6.28. The Labute approximate surface area is 162 Å². The van der Waals surface area contributed by atoms with Gasteiger partial charge in [-0.25, -0.2) is 4.79 Å². The van der Waals surface area contributed by atoms with E-state index in [1.807, 2.05) is 0 Å². The lowest BCUT2D eigenvalue weighted by Gasteiger charge is -2.35. The van der Waals surface area contributed by atoms with E-state index in [9.17, 15) is 4.79 Å². The van der Waals surface area contributed by atoms with E-state index in [-0.39, 0.29) is 5.97 Å². The first kappa shape index (κ1) is 18.4. The second-order valence-corrected chi connectivity index (χ2v) is 10.2. The highest BCUT2D eigenvalue weighted by Crippen LogP contribution is 2.42. The Kier molecular flexibility index (Phi) is 6.03. The fourth-order valence-corrected chi connectivity index (χ4v) is 5.85. The van der Waals surface area contributed by atoms with Gasteiger partial charge in [-0.2, -0.15) is 0 Å². The zero-order valence-corrected chi connectivity index (χ0v) is 17.7. The van der Waals surface area contributed by atoms with Crippen molar-refractivity contribution in [1.29, 1.82) is 0 Å². The lowest BCUT2D eigenvalue weighted by Crippen LogP contribution is -2.31. The van der Waals surface area contributed by atoms with E-state index in [0.717, 1.165) is 38.8 Å². The van der Waals surface area contributed by atoms with Crippen molar-refractivity contribution >= 4 is 45.5 Å². The van der Waals surface area contributed by atoms with Gasteiger partial charge in [0.1, 0.15) is 4.88 Å². The van der Waals surface area contributed by atoms with Gasteiger partial charge in [0.25, 0.3) is 0 Å².